The van der Waals surface area contributed by atoms with Crippen LogP contribution in [0.3, 0.4) is 0 Å². The van der Waals surface area contributed by atoms with Crippen LogP contribution in [0.15, 0.2) is 48.5 Å². The van der Waals surface area contributed by atoms with E-state index in [2.05, 4.69) is 5.32 Å². The van der Waals surface area contributed by atoms with E-state index in [1.165, 1.54) is 12.1 Å². The molecule has 2 aromatic carbocycles. The highest BCUT2D eigenvalue weighted by atomic mass is 16.6. The van der Waals surface area contributed by atoms with E-state index in [4.69, 9.17) is 10.5 Å². The molecule has 2 atom stereocenters. The first-order valence-corrected chi connectivity index (χ1v) is 8.23. The van der Waals surface area contributed by atoms with Crippen LogP contribution in [0.4, 0.5) is 16.2 Å². The molecule has 0 heterocycles. The van der Waals surface area contributed by atoms with Crippen molar-refractivity contribution in [3.63, 3.8) is 0 Å². The molecule has 0 aliphatic rings. The fraction of sp³-hybridized carbons (Fsp3) is 0.278. The quantitative estimate of drug-likeness (QED) is 0.313. The molecular weight excluding hydrogens is 354 g/mol. The zero-order valence-corrected chi connectivity index (χ0v) is 14.4. The monoisotopic (exact) mass is 375 g/mol. The number of aliphatic hydroxyl groups excluding tert-OH is 2. The second kappa shape index (κ2) is 9.51. The maximum atomic E-state index is 11.6. The van der Waals surface area contributed by atoms with Crippen molar-refractivity contribution in [2.75, 3.05) is 12.3 Å². The first-order valence-electron chi connectivity index (χ1n) is 8.23. The Morgan fingerprint density at radius 2 is 1.93 bits per heavy atom. The lowest BCUT2D eigenvalue weighted by Crippen LogP contribution is -2.30. The molecule has 9 nitrogen and oxygen atoms in total. The van der Waals surface area contributed by atoms with Gasteiger partial charge >= 0.3 is 6.09 Å². The van der Waals surface area contributed by atoms with Gasteiger partial charge in [-0.25, -0.2) is 4.79 Å². The van der Waals surface area contributed by atoms with Gasteiger partial charge in [0.15, 0.2) is 0 Å². The first-order chi connectivity index (χ1) is 12.9. The molecule has 0 saturated heterocycles. The third-order valence-corrected chi connectivity index (χ3v) is 3.89. The topological polar surface area (TPSA) is 148 Å². The van der Waals surface area contributed by atoms with Crippen LogP contribution in [0.2, 0.25) is 0 Å². The summed E-state index contributed by atoms with van der Waals surface area (Å²) in [4.78, 5) is 21.8. The number of ether oxygens (including phenoxy) is 1. The Hall–Kier alpha value is -3.17. The van der Waals surface area contributed by atoms with Crippen LogP contribution in [0.25, 0.3) is 0 Å². The molecule has 0 radical (unpaired) electrons. The number of non-ortho nitro benzene ring substituents is 1. The number of nitrogens with zero attached hydrogens (tertiary/aromatic N) is 1. The average Bonchev–Trinajstić information content (AvgIpc) is 2.66. The molecule has 144 valence electrons. The SMILES string of the molecule is Nc1ccc([N+](=O)[O-])cc1C(O)C(O)CCNC(=O)OCc1ccccc1. The number of carbonyl (C=O) groups excluding carboxylic acids is 1. The summed E-state index contributed by atoms with van der Waals surface area (Å²) in [6, 6.07) is 12.8. The fourth-order valence-corrected chi connectivity index (χ4v) is 2.39. The number of carbonyl (C=O) groups is 1. The van der Waals surface area contributed by atoms with Crippen molar-refractivity contribution < 1.29 is 24.7 Å². The molecule has 2 unspecified atom stereocenters. The van der Waals surface area contributed by atoms with E-state index in [1.807, 2.05) is 30.3 Å². The van der Waals surface area contributed by atoms with Crippen LogP contribution in [0, 0.1) is 10.1 Å². The Kier molecular flexibility index (Phi) is 7.09. The van der Waals surface area contributed by atoms with Crippen LogP contribution >= 0.6 is 0 Å². The van der Waals surface area contributed by atoms with Crippen LogP contribution in [0.5, 0.6) is 0 Å². The number of nitrogen functional groups attached to an aromatic ring is 1. The molecule has 0 aliphatic heterocycles. The number of nitro groups is 1. The first kappa shape index (κ1) is 20.1. The smallest absolute Gasteiger partial charge is 0.407 e. The lowest BCUT2D eigenvalue weighted by molar-refractivity contribution is -0.385. The van der Waals surface area contributed by atoms with E-state index in [9.17, 15) is 25.1 Å². The average molecular weight is 375 g/mol. The number of benzene rings is 2. The number of nitro benzene ring substituents is 1. The normalized spacial score (nSPS) is 12.8. The molecule has 0 aromatic heterocycles. The zero-order valence-electron chi connectivity index (χ0n) is 14.4. The predicted molar refractivity (Wildman–Crippen MR) is 97.7 cm³/mol. The van der Waals surface area contributed by atoms with Gasteiger partial charge in [-0.2, -0.15) is 0 Å². The highest BCUT2D eigenvalue weighted by Crippen LogP contribution is 2.28. The van der Waals surface area contributed by atoms with Crippen molar-refractivity contribution in [1.29, 1.82) is 0 Å². The van der Waals surface area contributed by atoms with Gasteiger partial charge in [-0.3, -0.25) is 10.1 Å². The van der Waals surface area contributed by atoms with Gasteiger partial charge in [0.2, 0.25) is 0 Å². The van der Waals surface area contributed by atoms with Gasteiger partial charge in [-0.1, -0.05) is 30.3 Å². The Labute approximate surface area is 155 Å². The van der Waals surface area contributed by atoms with Crippen molar-refractivity contribution >= 4 is 17.5 Å². The number of aliphatic hydroxyl groups is 2. The van der Waals surface area contributed by atoms with Crippen molar-refractivity contribution in [2.45, 2.75) is 25.2 Å². The minimum Gasteiger partial charge on any atom is -0.445 e. The summed E-state index contributed by atoms with van der Waals surface area (Å²) in [6.45, 7) is 0.156. The molecule has 2 aromatic rings. The highest BCUT2D eigenvalue weighted by molar-refractivity contribution is 5.67. The Morgan fingerprint density at radius 1 is 1.22 bits per heavy atom. The number of rotatable bonds is 8. The number of nitrogens with two attached hydrogens (primary N) is 1. The lowest BCUT2D eigenvalue weighted by Gasteiger charge is -2.19. The van der Waals surface area contributed by atoms with E-state index < -0.39 is 23.2 Å². The highest BCUT2D eigenvalue weighted by Gasteiger charge is 2.23. The van der Waals surface area contributed by atoms with Gasteiger partial charge in [0.05, 0.1) is 11.0 Å². The molecule has 0 saturated carbocycles. The molecular formula is C18H21N3O6. The fourth-order valence-electron chi connectivity index (χ4n) is 2.39. The van der Waals surface area contributed by atoms with Gasteiger partial charge in [-0.05, 0) is 18.1 Å². The standard InChI is InChI=1S/C18H21N3O6/c19-15-7-6-13(21(25)26)10-14(15)17(23)16(22)8-9-20-18(24)27-11-12-4-2-1-3-5-12/h1-7,10,16-17,22-23H,8-9,11,19H2,(H,20,24). The molecule has 9 heteroatoms. The van der Waals surface area contributed by atoms with Crippen LogP contribution in [-0.4, -0.2) is 33.9 Å². The van der Waals surface area contributed by atoms with Crippen molar-refractivity contribution in [3.05, 3.63) is 69.8 Å². The largest absolute Gasteiger partial charge is 0.445 e. The maximum Gasteiger partial charge on any atom is 0.407 e. The minimum absolute atomic E-state index is 0.00371. The number of hydrogen-bond donors (Lipinski definition) is 4. The summed E-state index contributed by atoms with van der Waals surface area (Å²) >= 11 is 0. The number of amides is 1. The summed E-state index contributed by atoms with van der Waals surface area (Å²) < 4.78 is 5.03. The predicted octanol–water partition coefficient (Wildman–Crippen LogP) is 1.89. The van der Waals surface area contributed by atoms with E-state index in [0.717, 1.165) is 11.6 Å². The number of nitrogens with one attached hydrogen (secondary N) is 1. The van der Waals surface area contributed by atoms with E-state index in [-0.39, 0.29) is 36.5 Å². The number of alkyl carbamates (subject to hydrolysis) is 1. The van der Waals surface area contributed by atoms with Crippen molar-refractivity contribution in [2.24, 2.45) is 0 Å². The minimum atomic E-state index is -1.42. The maximum absolute atomic E-state index is 11.6. The third kappa shape index (κ3) is 5.94. The summed E-state index contributed by atoms with van der Waals surface area (Å²) in [5.74, 6) is 0. The van der Waals surface area contributed by atoms with Gasteiger partial charge in [0.1, 0.15) is 12.7 Å². The molecule has 5 N–H and O–H groups in total. The second-order valence-electron chi connectivity index (χ2n) is 5.86. The molecule has 0 aliphatic carbocycles. The zero-order chi connectivity index (χ0) is 19.8. The molecule has 27 heavy (non-hydrogen) atoms. The second-order valence-corrected chi connectivity index (χ2v) is 5.86. The van der Waals surface area contributed by atoms with E-state index in [1.54, 1.807) is 0 Å². The van der Waals surface area contributed by atoms with Gasteiger partial charge < -0.3 is 26.0 Å². The molecule has 2 rings (SSSR count). The van der Waals surface area contributed by atoms with Gasteiger partial charge in [-0.15, -0.1) is 0 Å². The van der Waals surface area contributed by atoms with Gasteiger partial charge in [0, 0.05) is 29.9 Å². The molecule has 1 amide bonds. The van der Waals surface area contributed by atoms with Crippen molar-refractivity contribution in [1.82, 2.24) is 5.32 Å². The van der Waals surface area contributed by atoms with Crippen molar-refractivity contribution in [3.8, 4) is 0 Å². The van der Waals surface area contributed by atoms with Crippen LogP contribution in [0.1, 0.15) is 23.7 Å². The summed E-state index contributed by atoms with van der Waals surface area (Å²) in [6.07, 6.45) is -3.35. The summed E-state index contributed by atoms with van der Waals surface area (Å²) in [5.41, 5.74) is 6.50. The van der Waals surface area contributed by atoms with Crippen LogP contribution in [-0.2, 0) is 11.3 Å². The number of hydrogen-bond acceptors (Lipinski definition) is 7. The summed E-state index contributed by atoms with van der Waals surface area (Å²) in [7, 11) is 0. The molecule has 0 fully saturated rings. The van der Waals surface area contributed by atoms with E-state index in [0.29, 0.717) is 0 Å². The van der Waals surface area contributed by atoms with Gasteiger partial charge in [0.25, 0.3) is 5.69 Å². The lowest BCUT2D eigenvalue weighted by atomic mass is 10.00. The van der Waals surface area contributed by atoms with Crippen LogP contribution < -0.4 is 11.1 Å². The Morgan fingerprint density at radius 3 is 2.59 bits per heavy atom. The Bertz CT molecular complexity index is 784. The summed E-state index contributed by atoms with van der Waals surface area (Å²) in [5, 5.41) is 33.6. The Balaban J connectivity index is 1.81. The molecule has 0 bridgehead atoms. The molecule has 0 spiro atoms. The third-order valence-electron chi connectivity index (χ3n) is 3.89. The number of anilines is 1. The van der Waals surface area contributed by atoms with E-state index >= 15 is 0 Å².